The van der Waals surface area contributed by atoms with Gasteiger partial charge in [0.1, 0.15) is 18.3 Å². The highest BCUT2D eigenvalue weighted by atomic mass is 16.6. The Kier molecular flexibility index (Phi) is 3.02. The lowest BCUT2D eigenvalue weighted by molar-refractivity contribution is -0.0508. The summed E-state index contributed by atoms with van der Waals surface area (Å²) < 4.78 is 7.19. The van der Waals surface area contributed by atoms with Crippen LogP contribution in [0.2, 0.25) is 0 Å². The molecule has 1 aromatic carbocycles. The van der Waals surface area contributed by atoms with Gasteiger partial charge in [0.25, 0.3) is 0 Å². The Morgan fingerprint density at radius 3 is 2.79 bits per heavy atom. The van der Waals surface area contributed by atoms with Crippen LogP contribution in [-0.2, 0) is 4.74 Å². The molecule has 102 valence electrons. The number of imidazole rings is 1. The average Bonchev–Trinajstić information content (AvgIpc) is 2.94. The Bertz CT molecular complexity index is 597. The van der Waals surface area contributed by atoms with Gasteiger partial charge in [0.15, 0.2) is 6.23 Å². The number of para-hydroxylation sites is 1. The molecule has 0 unspecified atom stereocenters. The van der Waals surface area contributed by atoms with Gasteiger partial charge in [-0.2, -0.15) is 0 Å². The van der Waals surface area contributed by atoms with Gasteiger partial charge >= 0.3 is 0 Å². The highest BCUT2D eigenvalue weighted by Crippen LogP contribution is 2.32. The molecule has 2 aromatic rings. The van der Waals surface area contributed by atoms with Gasteiger partial charge in [-0.15, -0.1) is 0 Å². The van der Waals surface area contributed by atoms with Crippen molar-refractivity contribution in [1.82, 2.24) is 9.55 Å². The fourth-order valence-electron chi connectivity index (χ4n) is 2.51. The normalized spacial score (nSPS) is 31.2. The maximum absolute atomic E-state index is 10.0. The Balaban J connectivity index is 2.04. The second-order valence-electron chi connectivity index (χ2n) is 4.82. The van der Waals surface area contributed by atoms with Gasteiger partial charge in [-0.25, -0.2) is 4.98 Å². The first-order chi connectivity index (χ1) is 9.13. The van der Waals surface area contributed by atoms with Crippen LogP contribution in [0.25, 0.3) is 11.0 Å². The summed E-state index contributed by atoms with van der Waals surface area (Å²) in [6.45, 7) is 1.62. The smallest absolute Gasteiger partial charge is 0.164 e. The summed E-state index contributed by atoms with van der Waals surface area (Å²) in [5.74, 6) is 0. The Morgan fingerprint density at radius 1 is 1.32 bits per heavy atom. The number of fused-ring (bicyclic) bond motifs is 1. The minimum atomic E-state index is -1.10. The molecule has 2 heterocycles. The fourth-order valence-corrected chi connectivity index (χ4v) is 2.51. The number of rotatable bonds is 2. The van der Waals surface area contributed by atoms with Crippen molar-refractivity contribution in [2.45, 2.75) is 31.5 Å². The van der Waals surface area contributed by atoms with Crippen LogP contribution in [0.4, 0.5) is 0 Å². The third kappa shape index (κ3) is 1.84. The second kappa shape index (κ2) is 4.57. The van der Waals surface area contributed by atoms with Crippen molar-refractivity contribution < 1.29 is 20.1 Å². The molecule has 19 heavy (non-hydrogen) atoms. The van der Waals surface area contributed by atoms with Gasteiger partial charge in [-0.1, -0.05) is 12.1 Å². The van der Waals surface area contributed by atoms with E-state index in [2.05, 4.69) is 4.98 Å². The molecule has 4 atom stereocenters. The van der Waals surface area contributed by atoms with E-state index in [1.807, 2.05) is 25.1 Å². The van der Waals surface area contributed by atoms with Crippen molar-refractivity contribution in [2.24, 2.45) is 0 Å². The number of aryl methyl sites for hydroxylation is 1. The topological polar surface area (TPSA) is 87.7 Å². The first kappa shape index (κ1) is 12.6. The Labute approximate surface area is 109 Å². The predicted molar refractivity (Wildman–Crippen MR) is 67.5 cm³/mol. The lowest BCUT2D eigenvalue weighted by Gasteiger charge is -2.17. The maximum atomic E-state index is 10.0. The molecule has 0 bridgehead atoms. The molecule has 1 fully saturated rings. The molecule has 1 aromatic heterocycles. The zero-order valence-corrected chi connectivity index (χ0v) is 10.5. The molecule has 1 aliphatic rings. The summed E-state index contributed by atoms with van der Waals surface area (Å²) in [4.78, 5) is 4.30. The summed E-state index contributed by atoms with van der Waals surface area (Å²) in [6, 6.07) is 5.73. The summed E-state index contributed by atoms with van der Waals surface area (Å²) in [7, 11) is 0. The molecule has 6 heteroatoms. The van der Waals surface area contributed by atoms with Crippen LogP contribution in [0.5, 0.6) is 0 Å². The number of hydrogen-bond donors (Lipinski definition) is 3. The molecule has 6 nitrogen and oxygen atoms in total. The van der Waals surface area contributed by atoms with Crippen LogP contribution in [0.1, 0.15) is 11.8 Å². The average molecular weight is 264 g/mol. The maximum Gasteiger partial charge on any atom is 0.164 e. The largest absolute Gasteiger partial charge is 0.394 e. The molecule has 0 saturated carbocycles. The van der Waals surface area contributed by atoms with Gasteiger partial charge in [-0.3, -0.25) is 0 Å². The van der Waals surface area contributed by atoms with Crippen LogP contribution >= 0.6 is 0 Å². The Hall–Kier alpha value is -1.47. The summed E-state index contributed by atoms with van der Waals surface area (Å²) in [5, 5.41) is 28.9. The van der Waals surface area contributed by atoms with E-state index >= 15 is 0 Å². The molecular formula is C13H16N2O4. The molecule has 0 aliphatic carbocycles. The number of benzene rings is 1. The number of nitrogens with zero attached hydrogens (tertiary/aromatic N) is 2. The predicted octanol–water partition coefficient (Wildman–Crippen LogP) is -0.0438. The summed E-state index contributed by atoms with van der Waals surface area (Å²) >= 11 is 0. The third-order valence-electron chi connectivity index (χ3n) is 3.60. The van der Waals surface area contributed by atoms with Gasteiger partial charge in [0, 0.05) is 0 Å². The molecule has 3 rings (SSSR count). The van der Waals surface area contributed by atoms with E-state index in [1.54, 1.807) is 10.9 Å². The van der Waals surface area contributed by atoms with Gasteiger partial charge in [0.2, 0.25) is 0 Å². The van der Waals surface area contributed by atoms with Gasteiger partial charge < -0.3 is 24.6 Å². The van der Waals surface area contributed by atoms with Gasteiger partial charge in [0.05, 0.1) is 24.0 Å². The number of aliphatic hydroxyl groups excluding tert-OH is 3. The summed E-state index contributed by atoms with van der Waals surface area (Å²) in [5.41, 5.74) is 2.69. The molecule has 0 radical (unpaired) electrons. The van der Waals surface area contributed by atoms with Crippen LogP contribution in [0.3, 0.4) is 0 Å². The van der Waals surface area contributed by atoms with E-state index in [4.69, 9.17) is 9.84 Å². The first-order valence-corrected chi connectivity index (χ1v) is 6.18. The number of hydrogen-bond acceptors (Lipinski definition) is 5. The molecule has 1 saturated heterocycles. The highest BCUT2D eigenvalue weighted by molar-refractivity contribution is 5.78. The second-order valence-corrected chi connectivity index (χ2v) is 4.82. The number of aromatic nitrogens is 2. The molecule has 3 N–H and O–H groups in total. The van der Waals surface area contributed by atoms with Gasteiger partial charge in [-0.05, 0) is 18.6 Å². The van der Waals surface area contributed by atoms with Crippen LogP contribution in [-0.4, -0.2) is 49.8 Å². The van der Waals surface area contributed by atoms with Crippen molar-refractivity contribution in [1.29, 1.82) is 0 Å². The number of ether oxygens (including phenoxy) is 1. The SMILES string of the molecule is Cc1cccc2c1ncn2[C@@H]1O[C@H](CO)[C@@H](O)[C@H]1O. The van der Waals surface area contributed by atoms with E-state index in [0.717, 1.165) is 16.6 Å². The minimum Gasteiger partial charge on any atom is -0.394 e. The van der Waals surface area contributed by atoms with Crippen LogP contribution in [0, 0.1) is 6.92 Å². The zero-order chi connectivity index (χ0) is 13.6. The Morgan fingerprint density at radius 2 is 2.11 bits per heavy atom. The minimum absolute atomic E-state index is 0.333. The first-order valence-electron chi connectivity index (χ1n) is 6.18. The van der Waals surface area contributed by atoms with Crippen molar-refractivity contribution in [3.8, 4) is 0 Å². The van der Waals surface area contributed by atoms with Crippen molar-refractivity contribution in [3.63, 3.8) is 0 Å². The quantitative estimate of drug-likeness (QED) is 0.708. The van der Waals surface area contributed by atoms with E-state index < -0.39 is 24.5 Å². The highest BCUT2D eigenvalue weighted by Gasteiger charge is 2.43. The van der Waals surface area contributed by atoms with Crippen molar-refractivity contribution in [3.05, 3.63) is 30.1 Å². The lowest BCUT2D eigenvalue weighted by atomic mass is 10.1. The van der Waals surface area contributed by atoms with Crippen molar-refractivity contribution >= 4 is 11.0 Å². The lowest BCUT2D eigenvalue weighted by Crippen LogP contribution is -2.33. The molecule has 0 amide bonds. The van der Waals surface area contributed by atoms with E-state index in [-0.39, 0.29) is 6.61 Å². The molecule has 0 spiro atoms. The molecule has 1 aliphatic heterocycles. The monoisotopic (exact) mass is 264 g/mol. The number of aliphatic hydroxyl groups is 3. The van der Waals surface area contributed by atoms with Crippen molar-refractivity contribution in [2.75, 3.05) is 6.61 Å². The van der Waals surface area contributed by atoms with E-state index in [1.165, 1.54) is 0 Å². The molecular weight excluding hydrogens is 248 g/mol. The van der Waals surface area contributed by atoms with Crippen LogP contribution < -0.4 is 0 Å². The fraction of sp³-hybridized carbons (Fsp3) is 0.462. The van der Waals surface area contributed by atoms with E-state index in [9.17, 15) is 10.2 Å². The third-order valence-corrected chi connectivity index (χ3v) is 3.60. The zero-order valence-electron chi connectivity index (χ0n) is 10.5. The van der Waals surface area contributed by atoms with E-state index in [0.29, 0.717) is 0 Å². The summed E-state index contributed by atoms with van der Waals surface area (Å²) in [6.07, 6.45) is -2.12. The van der Waals surface area contributed by atoms with Crippen LogP contribution in [0.15, 0.2) is 24.5 Å². The standard InChI is InChI=1S/C13H16N2O4/c1-7-3-2-4-8-10(7)14-6-15(8)13-12(18)11(17)9(5-16)19-13/h2-4,6,9,11-13,16-18H,5H2,1H3/t9-,11-,12-,13-/m1/s1.